The number of hydrogen-bond acceptors (Lipinski definition) is 7. The maximum absolute atomic E-state index is 13.3. The van der Waals surface area contributed by atoms with Gasteiger partial charge in [-0.1, -0.05) is 0 Å². The van der Waals surface area contributed by atoms with Gasteiger partial charge in [0.2, 0.25) is 5.91 Å². The number of benzene rings is 1. The molecule has 1 fully saturated rings. The highest BCUT2D eigenvalue weighted by Crippen LogP contribution is 2.36. The summed E-state index contributed by atoms with van der Waals surface area (Å²) in [6.45, 7) is 4.55. The Labute approximate surface area is 205 Å². The Morgan fingerprint density at radius 2 is 2.03 bits per heavy atom. The predicted octanol–water partition coefficient (Wildman–Crippen LogP) is 3.11. The standard InChI is InChI=1S/C25H35N5O3S/c1-16-12-19(26-9-10-29(2)3)13-21-22(16)14-30(24(21)33)20-6-4-17(5-7-20)23(32)28-25-27-18(8-11-31)15-34-25/h12-13,15,17,20,26,31H,4-11,14H2,1-3H3,(H,27,28,32). The Hall–Kier alpha value is -2.49. The van der Waals surface area contributed by atoms with Crippen molar-refractivity contribution in [1.29, 1.82) is 0 Å². The Morgan fingerprint density at radius 1 is 1.26 bits per heavy atom. The first kappa shape index (κ1) is 24.6. The molecule has 8 nitrogen and oxygen atoms in total. The second-order valence-electron chi connectivity index (χ2n) is 9.59. The first-order valence-electron chi connectivity index (χ1n) is 12.0. The zero-order valence-corrected chi connectivity index (χ0v) is 21.1. The molecule has 0 radical (unpaired) electrons. The Kier molecular flexibility index (Phi) is 7.85. The van der Waals surface area contributed by atoms with E-state index in [4.69, 9.17) is 5.11 Å². The van der Waals surface area contributed by atoms with Gasteiger partial charge < -0.3 is 25.5 Å². The quantitative estimate of drug-likeness (QED) is 0.505. The van der Waals surface area contributed by atoms with Gasteiger partial charge in [-0.3, -0.25) is 9.59 Å². The van der Waals surface area contributed by atoms with E-state index < -0.39 is 0 Å². The van der Waals surface area contributed by atoms with Crippen molar-refractivity contribution in [2.75, 3.05) is 44.4 Å². The fourth-order valence-electron chi connectivity index (χ4n) is 4.89. The monoisotopic (exact) mass is 485 g/mol. The molecule has 9 heteroatoms. The number of thiazole rings is 1. The molecule has 0 bridgehead atoms. The van der Waals surface area contributed by atoms with Gasteiger partial charge in [0.05, 0.1) is 5.69 Å². The van der Waals surface area contributed by atoms with Crippen molar-refractivity contribution in [1.82, 2.24) is 14.8 Å². The Balaban J connectivity index is 1.32. The van der Waals surface area contributed by atoms with Crippen LogP contribution in [0.5, 0.6) is 0 Å². The van der Waals surface area contributed by atoms with E-state index in [0.29, 0.717) is 18.1 Å². The molecule has 1 saturated carbocycles. The van der Waals surface area contributed by atoms with E-state index in [1.807, 2.05) is 30.4 Å². The lowest BCUT2D eigenvalue weighted by Gasteiger charge is -2.34. The molecule has 2 amide bonds. The van der Waals surface area contributed by atoms with Crippen LogP contribution in [-0.4, -0.2) is 71.5 Å². The van der Waals surface area contributed by atoms with Crippen LogP contribution >= 0.6 is 11.3 Å². The molecule has 0 spiro atoms. The van der Waals surface area contributed by atoms with Crippen molar-refractivity contribution < 1.29 is 14.7 Å². The fourth-order valence-corrected chi connectivity index (χ4v) is 5.63. The average Bonchev–Trinajstić information content (AvgIpc) is 3.38. The summed E-state index contributed by atoms with van der Waals surface area (Å²) in [5, 5.41) is 17.9. The van der Waals surface area contributed by atoms with Gasteiger partial charge in [-0.2, -0.15) is 0 Å². The van der Waals surface area contributed by atoms with Crippen molar-refractivity contribution >= 4 is 34.0 Å². The second kappa shape index (κ2) is 10.8. The van der Waals surface area contributed by atoms with Crippen molar-refractivity contribution in [2.45, 2.75) is 51.6 Å². The van der Waals surface area contributed by atoms with E-state index in [-0.39, 0.29) is 30.4 Å². The zero-order valence-electron chi connectivity index (χ0n) is 20.3. The number of amides is 2. The van der Waals surface area contributed by atoms with Gasteiger partial charge in [-0.05, 0) is 70.0 Å². The molecule has 4 rings (SSSR count). The lowest BCUT2D eigenvalue weighted by molar-refractivity contribution is -0.121. The van der Waals surface area contributed by atoms with Gasteiger partial charge in [-0.15, -0.1) is 11.3 Å². The lowest BCUT2D eigenvalue weighted by atomic mass is 9.85. The molecule has 184 valence electrons. The highest BCUT2D eigenvalue weighted by molar-refractivity contribution is 7.13. The van der Waals surface area contributed by atoms with Crippen molar-refractivity contribution in [3.8, 4) is 0 Å². The topological polar surface area (TPSA) is 97.8 Å². The van der Waals surface area contributed by atoms with Crippen LogP contribution < -0.4 is 10.6 Å². The summed E-state index contributed by atoms with van der Waals surface area (Å²) in [7, 11) is 4.09. The maximum Gasteiger partial charge on any atom is 0.254 e. The van der Waals surface area contributed by atoms with E-state index in [1.54, 1.807) is 0 Å². The number of carbonyl (C=O) groups is 2. The molecule has 0 unspecified atom stereocenters. The molecule has 1 aromatic carbocycles. The summed E-state index contributed by atoms with van der Waals surface area (Å²) in [4.78, 5) is 34.5. The molecule has 0 saturated heterocycles. The van der Waals surface area contributed by atoms with Gasteiger partial charge in [-0.25, -0.2) is 4.98 Å². The predicted molar refractivity (Wildman–Crippen MR) is 135 cm³/mol. The van der Waals surface area contributed by atoms with Crippen LogP contribution in [0.1, 0.15) is 52.9 Å². The van der Waals surface area contributed by atoms with E-state index in [1.165, 1.54) is 11.3 Å². The molecule has 1 aliphatic heterocycles. The van der Waals surface area contributed by atoms with E-state index in [2.05, 4.69) is 33.5 Å². The average molecular weight is 486 g/mol. The van der Waals surface area contributed by atoms with Crippen LogP contribution in [0, 0.1) is 12.8 Å². The number of aromatic nitrogens is 1. The number of aliphatic hydroxyl groups is 1. The number of rotatable bonds is 9. The molecule has 0 atom stereocenters. The number of nitrogens with one attached hydrogen (secondary N) is 2. The highest BCUT2D eigenvalue weighted by Gasteiger charge is 2.37. The molecule has 34 heavy (non-hydrogen) atoms. The second-order valence-corrected chi connectivity index (χ2v) is 10.5. The number of aliphatic hydroxyl groups excluding tert-OH is 1. The van der Waals surface area contributed by atoms with Gasteiger partial charge in [0, 0.05) is 61.3 Å². The van der Waals surface area contributed by atoms with Crippen molar-refractivity contribution in [3.05, 3.63) is 39.9 Å². The van der Waals surface area contributed by atoms with Crippen LogP contribution in [0.3, 0.4) is 0 Å². The first-order valence-corrected chi connectivity index (χ1v) is 12.9. The fraction of sp³-hybridized carbons (Fsp3) is 0.560. The summed E-state index contributed by atoms with van der Waals surface area (Å²) in [5.74, 6) is 0.0564. The number of carbonyl (C=O) groups excluding carboxylic acids is 2. The molecule has 1 aromatic heterocycles. The van der Waals surface area contributed by atoms with Gasteiger partial charge in [0.25, 0.3) is 5.91 Å². The number of likely N-dealkylation sites (N-methyl/N-ethyl adjacent to an activating group) is 1. The van der Waals surface area contributed by atoms with Crippen molar-refractivity contribution in [3.63, 3.8) is 0 Å². The number of nitrogens with zero attached hydrogens (tertiary/aromatic N) is 3. The lowest BCUT2D eigenvalue weighted by Crippen LogP contribution is -2.40. The van der Waals surface area contributed by atoms with Crippen LogP contribution in [0.2, 0.25) is 0 Å². The summed E-state index contributed by atoms with van der Waals surface area (Å²) in [5.41, 5.74) is 4.89. The Bertz CT molecular complexity index is 1030. The number of hydrogen-bond donors (Lipinski definition) is 3. The first-order chi connectivity index (χ1) is 16.4. The van der Waals surface area contributed by atoms with E-state index in [9.17, 15) is 9.59 Å². The highest BCUT2D eigenvalue weighted by atomic mass is 32.1. The minimum absolute atomic E-state index is 0.00340. The summed E-state index contributed by atoms with van der Waals surface area (Å²) < 4.78 is 0. The van der Waals surface area contributed by atoms with Crippen LogP contribution in [0.4, 0.5) is 10.8 Å². The molecule has 2 aliphatic rings. The molecular weight excluding hydrogens is 450 g/mol. The van der Waals surface area contributed by atoms with Crippen LogP contribution in [0.25, 0.3) is 0 Å². The van der Waals surface area contributed by atoms with E-state index >= 15 is 0 Å². The van der Waals surface area contributed by atoms with Crippen molar-refractivity contribution in [2.24, 2.45) is 5.92 Å². The third-order valence-corrected chi connectivity index (χ3v) is 7.65. The Morgan fingerprint density at radius 3 is 2.74 bits per heavy atom. The molecule has 1 aliphatic carbocycles. The third-order valence-electron chi connectivity index (χ3n) is 6.84. The number of aryl methyl sites for hydroxylation is 1. The summed E-state index contributed by atoms with van der Waals surface area (Å²) >= 11 is 1.39. The SMILES string of the molecule is Cc1cc(NCCN(C)C)cc2c1CN(C1CCC(C(=O)Nc3nc(CCO)cs3)CC1)C2=O. The molecular formula is C25H35N5O3S. The van der Waals surface area contributed by atoms with Gasteiger partial charge in [0.1, 0.15) is 0 Å². The van der Waals surface area contributed by atoms with E-state index in [0.717, 1.165) is 66.8 Å². The molecule has 2 heterocycles. The van der Waals surface area contributed by atoms with Crippen LogP contribution in [-0.2, 0) is 17.8 Å². The largest absolute Gasteiger partial charge is 0.396 e. The van der Waals surface area contributed by atoms with Crippen LogP contribution in [0.15, 0.2) is 17.5 Å². The smallest absolute Gasteiger partial charge is 0.254 e. The normalized spacial score (nSPS) is 20.0. The number of fused-ring (bicyclic) bond motifs is 1. The molecule has 3 N–H and O–H groups in total. The third kappa shape index (κ3) is 5.59. The number of anilines is 2. The minimum atomic E-state index is -0.0595. The van der Waals surface area contributed by atoms with Gasteiger partial charge in [0.15, 0.2) is 5.13 Å². The summed E-state index contributed by atoms with van der Waals surface area (Å²) in [6, 6.07) is 4.31. The molecule has 2 aromatic rings. The minimum Gasteiger partial charge on any atom is -0.396 e. The maximum atomic E-state index is 13.3. The van der Waals surface area contributed by atoms with Gasteiger partial charge >= 0.3 is 0 Å². The zero-order chi connectivity index (χ0) is 24.2. The summed E-state index contributed by atoms with van der Waals surface area (Å²) in [6.07, 6.45) is 3.69.